The number of esters is 1. The molecule has 0 unspecified atom stereocenters. The van der Waals surface area contributed by atoms with Crippen LogP contribution in [0.2, 0.25) is 0 Å². The molecule has 32 heavy (non-hydrogen) atoms. The van der Waals surface area contributed by atoms with Gasteiger partial charge in [-0.1, -0.05) is 24.3 Å². The average Bonchev–Trinajstić information content (AvgIpc) is 2.73. The van der Waals surface area contributed by atoms with Gasteiger partial charge in [-0.2, -0.15) is 26.3 Å². The summed E-state index contributed by atoms with van der Waals surface area (Å²) in [5.74, 6) is -2.01. The van der Waals surface area contributed by atoms with Crippen LogP contribution in [-0.2, 0) is 17.1 Å². The van der Waals surface area contributed by atoms with Crippen LogP contribution in [0.4, 0.5) is 26.3 Å². The van der Waals surface area contributed by atoms with Crippen LogP contribution in [0.3, 0.4) is 0 Å². The summed E-state index contributed by atoms with van der Waals surface area (Å²) >= 11 is 0. The van der Waals surface area contributed by atoms with E-state index < -0.39 is 46.5 Å². The minimum absolute atomic E-state index is 0.0696. The lowest BCUT2D eigenvalue weighted by Crippen LogP contribution is -2.23. The Labute approximate surface area is 177 Å². The molecule has 0 bridgehead atoms. The highest BCUT2D eigenvalue weighted by Gasteiger charge is 2.33. The predicted octanol–water partition coefficient (Wildman–Crippen LogP) is 5.38. The third-order valence-corrected chi connectivity index (χ3v) is 4.84. The molecular formula is C22H15F6NO3. The normalized spacial score (nSPS) is 12.1. The molecule has 1 heterocycles. The number of methoxy groups -OCH3 is 1. The van der Waals surface area contributed by atoms with Crippen LogP contribution >= 0.6 is 0 Å². The van der Waals surface area contributed by atoms with Gasteiger partial charge < -0.3 is 9.72 Å². The lowest BCUT2D eigenvalue weighted by Gasteiger charge is -2.21. The minimum atomic E-state index is -4.59. The molecule has 0 atom stereocenters. The molecule has 0 radical (unpaired) electrons. The first-order chi connectivity index (χ1) is 14.9. The van der Waals surface area contributed by atoms with Crippen LogP contribution in [0.1, 0.15) is 44.1 Å². The Balaban J connectivity index is 2.23. The van der Waals surface area contributed by atoms with E-state index in [1.54, 1.807) is 0 Å². The van der Waals surface area contributed by atoms with Crippen molar-refractivity contribution >= 4 is 5.97 Å². The fraction of sp³-hybridized carbons (Fsp3) is 0.182. The summed E-state index contributed by atoms with van der Waals surface area (Å²) in [5.41, 5.74) is -2.53. The van der Waals surface area contributed by atoms with Crippen molar-refractivity contribution in [2.24, 2.45) is 0 Å². The van der Waals surface area contributed by atoms with Crippen molar-refractivity contribution in [1.82, 2.24) is 4.98 Å². The summed E-state index contributed by atoms with van der Waals surface area (Å²) in [4.78, 5) is 26.9. The third kappa shape index (κ3) is 4.68. The van der Waals surface area contributed by atoms with Gasteiger partial charge in [0.05, 0.1) is 18.2 Å². The largest absolute Gasteiger partial charge is 0.465 e. The monoisotopic (exact) mass is 455 g/mol. The molecule has 0 aliphatic carbocycles. The maximum Gasteiger partial charge on any atom is 0.416 e. The molecule has 0 amide bonds. The molecule has 0 aliphatic rings. The highest BCUT2D eigenvalue weighted by atomic mass is 19.4. The van der Waals surface area contributed by atoms with Gasteiger partial charge in [-0.05, 0) is 47.0 Å². The van der Waals surface area contributed by atoms with E-state index >= 15 is 0 Å². The van der Waals surface area contributed by atoms with Crippen molar-refractivity contribution in [2.45, 2.75) is 18.3 Å². The summed E-state index contributed by atoms with van der Waals surface area (Å²) in [6.45, 7) is 0. The maximum absolute atomic E-state index is 13.0. The van der Waals surface area contributed by atoms with Crippen molar-refractivity contribution in [3.63, 3.8) is 0 Å². The van der Waals surface area contributed by atoms with Gasteiger partial charge in [-0.3, -0.25) is 4.79 Å². The van der Waals surface area contributed by atoms with Crippen molar-refractivity contribution < 1.29 is 35.9 Å². The number of alkyl halides is 6. The second-order valence-corrected chi connectivity index (χ2v) is 6.80. The fourth-order valence-corrected chi connectivity index (χ4v) is 3.33. The Morgan fingerprint density at radius 1 is 0.812 bits per heavy atom. The number of carbonyl (C=O) groups excluding carboxylic acids is 1. The van der Waals surface area contributed by atoms with E-state index in [4.69, 9.17) is 0 Å². The number of pyridine rings is 1. The van der Waals surface area contributed by atoms with Gasteiger partial charge in [0.2, 0.25) is 0 Å². The standard InChI is InChI=1S/C22H15F6NO3/c1-32-20(31)18-16(10-11-29-19(18)30)17(12-2-6-14(7-3-12)21(23,24)25)13-4-8-15(9-5-13)22(26,27)28/h2-11,17H,1H3,(H,29,30). The number of aromatic nitrogens is 1. The topological polar surface area (TPSA) is 59.2 Å². The lowest BCUT2D eigenvalue weighted by molar-refractivity contribution is -0.138. The van der Waals surface area contributed by atoms with E-state index in [1.165, 1.54) is 12.3 Å². The molecule has 3 aromatic rings. The van der Waals surface area contributed by atoms with Crippen LogP contribution in [-0.4, -0.2) is 18.1 Å². The molecule has 0 saturated heterocycles. The highest BCUT2D eigenvalue weighted by Crippen LogP contribution is 2.37. The van der Waals surface area contributed by atoms with Crippen molar-refractivity contribution in [1.29, 1.82) is 0 Å². The van der Waals surface area contributed by atoms with Gasteiger partial charge >= 0.3 is 18.3 Å². The molecule has 0 saturated carbocycles. The Hall–Kier alpha value is -3.56. The zero-order chi connectivity index (χ0) is 23.7. The first-order valence-corrected chi connectivity index (χ1v) is 9.07. The van der Waals surface area contributed by atoms with Gasteiger partial charge in [0.25, 0.3) is 5.56 Å². The number of hydrogen-bond acceptors (Lipinski definition) is 3. The van der Waals surface area contributed by atoms with Gasteiger partial charge in [-0.25, -0.2) is 4.79 Å². The third-order valence-electron chi connectivity index (χ3n) is 4.84. The SMILES string of the molecule is COC(=O)c1c(C(c2ccc(C(F)(F)F)cc2)c2ccc(C(F)(F)F)cc2)cc[nH]c1=O. The molecular weight excluding hydrogens is 440 g/mol. The minimum Gasteiger partial charge on any atom is -0.465 e. The van der Waals surface area contributed by atoms with Crippen LogP contribution in [0.25, 0.3) is 0 Å². The number of ether oxygens (including phenoxy) is 1. The summed E-state index contributed by atoms with van der Waals surface area (Å²) in [5, 5.41) is 0. The highest BCUT2D eigenvalue weighted by molar-refractivity contribution is 5.91. The number of rotatable bonds is 4. The van der Waals surface area contributed by atoms with Crippen molar-refractivity contribution in [3.8, 4) is 0 Å². The number of H-pyrrole nitrogens is 1. The second kappa shape index (κ2) is 8.52. The van der Waals surface area contributed by atoms with E-state index in [2.05, 4.69) is 9.72 Å². The zero-order valence-corrected chi connectivity index (χ0v) is 16.3. The first-order valence-electron chi connectivity index (χ1n) is 9.07. The molecule has 4 nitrogen and oxygen atoms in total. The average molecular weight is 455 g/mol. The quantitative estimate of drug-likeness (QED) is 0.425. The first kappa shape index (κ1) is 23.1. The van der Waals surface area contributed by atoms with E-state index in [9.17, 15) is 35.9 Å². The number of aromatic amines is 1. The molecule has 0 fully saturated rings. The van der Waals surface area contributed by atoms with Crippen molar-refractivity contribution in [2.75, 3.05) is 7.11 Å². The van der Waals surface area contributed by atoms with E-state index in [1.807, 2.05) is 0 Å². The summed E-state index contributed by atoms with van der Waals surface area (Å²) in [6, 6.07) is 9.21. The van der Waals surface area contributed by atoms with Crippen molar-refractivity contribution in [3.05, 3.63) is 105 Å². The second-order valence-electron chi connectivity index (χ2n) is 6.80. The molecule has 1 N–H and O–H groups in total. The van der Waals surface area contributed by atoms with Crippen LogP contribution in [0, 0.1) is 0 Å². The number of carbonyl (C=O) groups is 1. The summed E-state index contributed by atoms with van der Waals surface area (Å²) in [7, 11) is 1.05. The van der Waals surface area contributed by atoms with Crippen LogP contribution in [0.15, 0.2) is 65.6 Å². The lowest BCUT2D eigenvalue weighted by atomic mass is 9.83. The van der Waals surface area contributed by atoms with E-state index in [0.29, 0.717) is 0 Å². The summed E-state index contributed by atoms with van der Waals surface area (Å²) < 4.78 is 82.5. The molecule has 0 aliphatic heterocycles. The molecule has 3 rings (SSSR count). The van der Waals surface area contributed by atoms with Gasteiger partial charge in [-0.15, -0.1) is 0 Å². The fourth-order valence-electron chi connectivity index (χ4n) is 3.33. The van der Waals surface area contributed by atoms with Gasteiger partial charge in [0.1, 0.15) is 5.56 Å². The molecule has 10 heteroatoms. The Morgan fingerprint density at radius 3 is 1.62 bits per heavy atom. The van der Waals surface area contributed by atoms with E-state index in [-0.39, 0.29) is 16.7 Å². The number of nitrogens with one attached hydrogen (secondary N) is 1. The Morgan fingerprint density at radius 2 is 1.25 bits per heavy atom. The number of halogens is 6. The van der Waals surface area contributed by atoms with Gasteiger partial charge in [0.15, 0.2) is 0 Å². The maximum atomic E-state index is 13.0. The number of benzene rings is 2. The van der Waals surface area contributed by atoms with Crippen LogP contribution in [0.5, 0.6) is 0 Å². The Kier molecular flexibility index (Phi) is 6.16. The predicted molar refractivity (Wildman–Crippen MR) is 102 cm³/mol. The summed E-state index contributed by atoms with van der Waals surface area (Å²) in [6.07, 6.45) is -7.96. The number of hydrogen-bond donors (Lipinski definition) is 1. The molecule has 0 spiro atoms. The zero-order valence-electron chi connectivity index (χ0n) is 16.3. The van der Waals surface area contributed by atoms with E-state index in [0.717, 1.165) is 55.6 Å². The Bertz CT molecular complexity index is 1110. The molecule has 1 aromatic heterocycles. The van der Waals surface area contributed by atoms with Gasteiger partial charge in [0, 0.05) is 12.1 Å². The molecule has 2 aromatic carbocycles. The smallest absolute Gasteiger partial charge is 0.416 e. The van der Waals surface area contributed by atoms with Crippen LogP contribution < -0.4 is 5.56 Å². The molecule has 168 valence electrons.